The summed E-state index contributed by atoms with van der Waals surface area (Å²) in [6.45, 7) is 4.99. The number of piperazine rings is 1. The highest BCUT2D eigenvalue weighted by Crippen LogP contribution is 2.26. The molecule has 4 rings (SSSR count). The summed E-state index contributed by atoms with van der Waals surface area (Å²) in [6, 6.07) is 6.57. The molecule has 2 aliphatic rings. The number of hydrogen-bond acceptors (Lipinski definition) is 3. The van der Waals surface area contributed by atoms with Crippen LogP contribution in [-0.2, 0) is 17.6 Å². The SMILES string of the molecule is Cc1nc2c([nH]1)CC(C(=O)N1CCN(c3ccc(F)cc3)CC1)CC2. The molecule has 1 atom stereocenters. The van der Waals surface area contributed by atoms with Gasteiger partial charge in [-0.05, 0) is 44.0 Å². The van der Waals surface area contributed by atoms with E-state index in [2.05, 4.69) is 14.9 Å². The smallest absolute Gasteiger partial charge is 0.226 e. The van der Waals surface area contributed by atoms with Gasteiger partial charge in [0.25, 0.3) is 0 Å². The molecule has 1 aliphatic carbocycles. The summed E-state index contributed by atoms with van der Waals surface area (Å²) >= 11 is 0. The van der Waals surface area contributed by atoms with Crippen LogP contribution in [-0.4, -0.2) is 47.0 Å². The molecular formula is C19H23FN4O. The Bertz CT molecular complexity index is 762. The molecule has 0 bridgehead atoms. The molecule has 1 saturated heterocycles. The lowest BCUT2D eigenvalue weighted by Gasteiger charge is -2.38. The molecule has 1 amide bonds. The first-order chi connectivity index (χ1) is 12.1. The van der Waals surface area contributed by atoms with Gasteiger partial charge >= 0.3 is 0 Å². The minimum absolute atomic E-state index is 0.0599. The Kier molecular flexibility index (Phi) is 4.19. The second-order valence-electron chi connectivity index (χ2n) is 6.98. The van der Waals surface area contributed by atoms with Crippen molar-refractivity contribution in [2.45, 2.75) is 26.2 Å². The molecule has 1 unspecified atom stereocenters. The number of nitrogens with zero attached hydrogens (tertiary/aromatic N) is 3. The van der Waals surface area contributed by atoms with Crippen LogP contribution in [0.2, 0.25) is 0 Å². The topological polar surface area (TPSA) is 52.2 Å². The number of hydrogen-bond donors (Lipinski definition) is 1. The Labute approximate surface area is 146 Å². The second-order valence-corrected chi connectivity index (χ2v) is 6.98. The number of fused-ring (bicyclic) bond motifs is 1. The van der Waals surface area contributed by atoms with Gasteiger partial charge in [0.2, 0.25) is 5.91 Å². The summed E-state index contributed by atoms with van der Waals surface area (Å²) in [5, 5.41) is 0. The molecule has 1 aromatic carbocycles. The molecule has 6 heteroatoms. The van der Waals surface area contributed by atoms with Gasteiger partial charge in [0, 0.05) is 49.9 Å². The normalized spacial score (nSPS) is 20.5. The van der Waals surface area contributed by atoms with Gasteiger partial charge in [0.1, 0.15) is 11.6 Å². The fourth-order valence-electron chi connectivity index (χ4n) is 3.93. The predicted octanol–water partition coefficient (Wildman–Crippen LogP) is 2.31. The summed E-state index contributed by atoms with van der Waals surface area (Å²) in [5.74, 6) is 1.04. The fourth-order valence-corrected chi connectivity index (χ4v) is 3.93. The molecular weight excluding hydrogens is 319 g/mol. The van der Waals surface area contributed by atoms with Gasteiger partial charge in [-0.3, -0.25) is 4.79 Å². The van der Waals surface area contributed by atoms with E-state index in [4.69, 9.17) is 0 Å². The molecule has 1 aliphatic heterocycles. The lowest BCUT2D eigenvalue weighted by atomic mass is 9.88. The number of carbonyl (C=O) groups excluding carboxylic acids is 1. The van der Waals surface area contributed by atoms with Crippen LogP contribution in [0.4, 0.5) is 10.1 Å². The zero-order valence-corrected chi connectivity index (χ0v) is 14.5. The maximum atomic E-state index is 13.1. The quantitative estimate of drug-likeness (QED) is 0.911. The minimum atomic E-state index is -0.219. The van der Waals surface area contributed by atoms with E-state index in [0.29, 0.717) is 0 Å². The first-order valence-electron chi connectivity index (χ1n) is 8.94. The number of anilines is 1. The number of benzene rings is 1. The molecule has 5 nitrogen and oxygen atoms in total. The molecule has 0 saturated carbocycles. The molecule has 1 N–H and O–H groups in total. The number of rotatable bonds is 2. The fraction of sp³-hybridized carbons (Fsp3) is 0.474. The maximum absolute atomic E-state index is 13.1. The zero-order chi connectivity index (χ0) is 17.4. The Morgan fingerprint density at radius 3 is 2.64 bits per heavy atom. The average molecular weight is 342 g/mol. The van der Waals surface area contributed by atoms with E-state index in [1.54, 1.807) is 12.1 Å². The number of amides is 1. The average Bonchev–Trinajstić information content (AvgIpc) is 3.01. The number of nitrogens with one attached hydrogen (secondary N) is 1. The van der Waals surface area contributed by atoms with Crippen LogP contribution in [0.5, 0.6) is 0 Å². The molecule has 1 aromatic heterocycles. The van der Waals surface area contributed by atoms with Crippen molar-refractivity contribution in [3.63, 3.8) is 0 Å². The second kappa shape index (κ2) is 6.50. The van der Waals surface area contributed by atoms with Crippen LogP contribution in [0.1, 0.15) is 23.6 Å². The minimum Gasteiger partial charge on any atom is -0.368 e. The van der Waals surface area contributed by atoms with Crippen LogP contribution >= 0.6 is 0 Å². The number of aryl methyl sites for hydroxylation is 2. The molecule has 2 heterocycles. The first kappa shape index (κ1) is 16.1. The Morgan fingerprint density at radius 2 is 1.92 bits per heavy atom. The van der Waals surface area contributed by atoms with Gasteiger partial charge < -0.3 is 14.8 Å². The van der Waals surface area contributed by atoms with E-state index < -0.39 is 0 Å². The number of aromatic nitrogens is 2. The number of carbonyl (C=O) groups is 1. The van der Waals surface area contributed by atoms with Gasteiger partial charge in [0.15, 0.2) is 0 Å². The maximum Gasteiger partial charge on any atom is 0.226 e. The summed E-state index contributed by atoms with van der Waals surface area (Å²) in [6.07, 6.45) is 2.53. The summed E-state index contributed by atoms with van der Waals surface area (Å²) < 4.78 is 13.1. The molecule has 2 aromatic rings. The van der Waals surface area contributed by atoms with Crippen molar-refractivity contribution in [1.82, 2.24) is 14.9 Å². The largest absolute Gasteiger partial charge is 0.368 e. The molecule has 0 radical (unpaired) electrons. The number of imidazole rings is 1. The number of H-pyrrole nitrogens is 1. The van der Waals surface area contributed by atoms with E-state index in [1.807, 2.05) is 11.8 Å². The van der Waals surface area contributed by atoms with Crippen LogP contribution in [0, 0.1) is 18.7 Å². The van der Waals surface area contributed by atoms with E-state index in [9.17, 15) is 9.18 Å². The van der Waals surface area contributed by atoms with Crippen LogP contribution in [0.3, 0.4) is 0 Å². The van der Waals surface area contributed by atoms with Crippen molar-refractivity contribution in [2.24, 2.45) is 5.92 Å². The van der Waals surface area contributed by atoms with Crippen molar-refractivity contribution in [1.29, 1.82) is 0 Å². The highest BCUT2D eigenvalue weighted by molar-refractivity contribution is 5.79. The predicted molar refractivity (Wildman–Crippen MR) is 94.0 cm³/mol. The molecule has 1 fully saturated rings. The lowest BCUT2D eigenvalue weighted by Crippen LogP contribution is -2.51. The van der Waals surface area contributed by atoms with E-state index >= 15 is 0 Å². The van der Waals surface area contributed by atoms with E-state index in [0.717, 1.165) is 68.3 Å². The molecule has 25 heavy (non-hydrogen) atoms. The monoisotopic (exact) mass is 342 g/mol. The number of halogens is 1. The van der Waals surface area contributed by atoms with Gasteiger partial charge in [-0.25, -0.2) is 9.37 Å². The van der Waals surface area contributed by atoms with Crippen molar-refractivity contribution < 1.29 is 9.18 Å². The van der Waals surface area contributed by atoms with Crippen LogP contribution in [0.25, 0.3) is 0 Å². The van der Waals surface area contributed by atoms with Crippen LogP contribution < -0.4 is 4.90 Å². The van der Waals surface area contributed by atoms with Gasteiger partial charge in [-0.2, -0.15) is 0 Å². The Morgan fingerprint density at radius 1 is 1.20 bits per heavy atom. The molecule has 132 valence electrons. The zero-order valence-electron chi connectivity index (χ0n) is 14.5. The van der Waals surface area contributed by atoms with Crippen LogP contribution in [0.15, 0.2) is 24.3 Å². The Balaban J connectivity index is 1.36. The third-order valence-electron chi connectivity index (χ3n) is 5.30. The molecule has 0 spiro atoms. The highest BCUT2D eigenvalue weighted by Gasteiger charge is 2.31. The summed E-state index contributed by atoms with van der Waals surface area (Å²) in [5.41, 5.74) is 3.28. The summed E-state index contributed by atoms with van der Waals surface area (Å²) in [4.78, 5) is 24.9. The first-order valence-corrected chi connectivity index (χ1v) is 8.94. The standard InChI is InChI=1S/C19H23FN4O/c1-13-21-17-7-2-14(12-18(17)22-13)19(25)24-10-8-23(9-11-24)16-5-3-15(20)4-6-16/h3-6,14H,2,7-12H2,1H3,(H,21,22). The highest BCUT2D eigenvalue weighted by atomic mass is 19.1. The van der Waals surface area contributed by atoms with Gasteiger partial charge in [-0.15, -0.1) is 0 Å². The van der Waals surface area contributed by atoms with Crippen molar-refractivity contribution in [3.8, 4) is 0 Å². The van der Waals surface area contributed by atoms with E-state index in [-0.39, 0.29) is 17.6 Å². The lowest BCUT2D eigenvalue weighted by molar-refractivity contribution is -0.136. The summed E-state index contributed by atoms with van der Waals surface area (Å²) in [7, 11) is 0. The Hall–Kier alpha value is -2.37. The third kappa shape index (κ3) is 3.25. The van der Waals surface area contributed by atoms with Crippen molar-refractivity contribution >= 4 is 11.6 Å². The third-order valence-corrected chi connectivity index (χ3v) is 5.30. The van der Waals surface area contributed by atoms with Gasteiger partial charge in [0.05, 0.1) is 5.69 Å². The van der Waals surface area contributed by atoms with Crippen molar-refractivity contribution in [2.75, 3.05) is 31.1 Å². The number of aromatic amines is 1. The van der Waals surface area contributed by atoms with Gasteiger partial charge in [-0.1, -0.05) is 0 Å². The van der Waals surface area contributed by atoms with Crippen molar-refractivity contribution in [3.05, 3.63) is 47.3 Å². The van der Waals surface area contributed by atoms with E-state index in [1.165, 1.54) is 12.1 Å².